The molecule has 1 amide bonds. The number of rotatable bonds is 3. The second-order valence-corrected chi connectivity index (χ2v) is 6.11. The van der Waals surface area contributed by atoms with Crippen LogP contribution in [0.5, 0.6) is 0 Å². The van der Waals surface area contributed by atoms with E-state index in [1.807, 2.05) is 32.0 Å². The zero-order valence-corrected chi connectivity index (χ0v) is 14.4. The number of aryl methyl sites for hydroxylation is 3. The van der Waals surface area contributed by atoms with E-state index < -0.39 is 11.1 Å². The second kappa shape index (κ2) is 6.39. The highest BCUT2D eigenvalue weighted by molar-refractivity contribution is 5.92. The first kappa shape index (κ1) is 16.7. The molecule has 0 atom stereocenters. The van der Waals surface area contributed by atoms with Gasteiger partial charge in [0.2, 0.25) is 5.91 Å². The van der Waals surface area contributed by atoms with Gasteiger partial charge >= 0.3 is 11.1 Å². The van der Waals surface area contributed by atoms with Crippen LogP contribution in [0.1, 0.15) is 11.1 Å². The zero-order chi connectivity index (χ0) is 18.1. The van der Waals surface area contributed by atoms with Crippen molar-refractivity contribution in [2.24, 2.45) is 7.05 Å². The van der Waals surface area contributed by atoms with Crippen LogP contribution >= 0.6 is 0 Å². The normalized spacial score (nSPS) is 10.8. The van der Waals surface area contributed by atoms with Gasteiger partial charge in [-0.05, 0) is 37.6 Å². The van der Waals surface area contributed by atoms with Crippen LogP contribution in [0.3, 0.4) is 0 Å². The molecular formula is C19H19N3O3. The number of carbonyl (C=O) groups excluding carboxylic acids is 1. The third-order valence-electron chi connectivity index (χ3n) is 4.22. The molecule has 1 heterocycles. The molecule has 0 saturated carbocycles. The van der Waals surface area contributed by atoms with Gasteiger partial charge in [0, 0.05) is 12.7 Å². The van der Waals surface area contributed by atoms with Crippen molar-refractivity contribution >= 4 is 22.6 Å². The summed E-state index contributed by atoms with van der Waals surface area (Å²) in [5, 5.41) is 2.80. The molecular weight excluding hydrogens is 318 g/mol. The van der Waals surface area contributed by atoms with Crippen molar-refractivity contribution in [1.82, 2.24) is 9.13 Å². The monoisotopic (exact) mass is 337 g/mol. The van der Waals surface area contributed by atoms with Crippen LogP contribution in [0.4, 0.5) is 5.69 Å². The Morgan fingerprint density at radius 2 is 1.68 bits per heavy atom. The van der Waals surface area contributed by atoms with Gasteiger partial charge in [0.15, 0.2) is 0 Å². The van der Waals surface area contributed by atoms with Crippen LogP contribution in [-0.4, -0.2) is 15.0 Å². The van der Waals surface area contributed by atoms with E-state index in [9.17, 15) is 14.4 Å². The number of carbonyl (C=O) groups is 1. The fourth-order valence-electron chi connectivity index (χ4n) is 2.90. The molecule has 25 heavy (non-hydrogen) atoms. The molecule has 1 N–H and O–H groups in total. The maximum atomic E-state index is 12.4. The average Bonchev–Trinajstić information content (AvgIpc) is 2.59. The van der Waals surface area contributed by atoms with E-state index in [4.69, 9.17) is 0 Å². The molecule has 0 aliphatic heterocycles. The molecule has 0 saturated heterocycles. The fraction of sp³-hybridized carbons (Fsp3) is 0.211. The topological polar surface area (TPSA) is 73.1 Å². The predicted molar refractivity (Wildman–Crippen MR) is 98.0 cm³/mol. The number of nitrogens with one attached hydrogen (secondary N) is 1. The first-order valence-electron chi connectivity index (χ1n) is 7.94. The summed E-state index contributed by atoms with van der Waals surface area (Å²) in [6, 6.07) is 12.7. The molecule has 0 bridgehead atoms. The maximum Gasteiger partial charge on any atom is 0.317 e. The largest absolute Gasteiger partial charge is 0.324 e. The number of hydrogen-bond acceptors (Lipinski definition) is 3. The minimum Gasteiger partial charge on any atom is -0.324 e. The molecule has 6 nitrogen and oxygen atoms in total. The molecule has 6 heteroatoms. The number of nitrogens with zero attached hydrogens (tertiary/aromatic N) is 2. The van der Waals surface area contributed by atoms with Crippen LogP contribution in [0.25, 0.3) is 11.0 Å². The summed E-state index contributed by atoms with van der Waals surface area (Å²) in [5.74, 6) is -0.354. The van der Waals surface area contributed by atoms with Gasteiger partial charge < -0.3 is 9.88 Å². The third kappa shape index (κ3) is 3.10. The Hall–Kier alpha value is -3.15. The van der Waals surface area contributed by atoms with E-state index in [1.165, 1.54) is 9.13 Å². The zero-order valence-electron chi connectivity index (χ0n) is 14.4. The molecule has 0 fully saturated rings. The molecule has 0 radical (unpaired) electrons. The molecule has 0 unspecified atom stereocenters. The van der Waals surface area contributed by atoms with E-state index in [0.717, 1.165) is 11.1 Å². The number of para-hydroxylation sites is 2. The first-order chi connectivity index (χ1) is 11.9. The standard InChI is InChI=1S/C19H19N3O3/c1-12-8-9-14(13(2)10-12)20-17(23)11-22-16-7-5-4-6-15(16)21(3)18(24)19(22)25/h4-10H,11H2,1-3H3,(H,20,23). The van der Waals surface area contributed by atoms with E-state index in [2.05, 4.69) is 5.32 Å². The maximum absolute atomic E-state index is 12.4. The SMILES string of the molecule is Cc1ccc(NC(=O)Cn2c(=O)c(=O)n(C)c3ccccc32)c(C)c1. The van der Waals surface area contributed by atoms with Gasteiger partial charge in [-0.25, -0.2) is 0 Å². The number of hydrogen-bond donors (Lipinski definition) is 1. The number of anilines is 1. The first-order valence-corrected chi connectivity index (χ1v) is 7.94. The summed E-state index contributed by atoms with van der Waals surface area (Å²) in [6.07, 6.45) is 0. The Labute approximate surface area is 144 Å². The van der Waals surface area contributed by atoms with E-state index >= 15 is 0 Å². The van der Waals surface area contributed by atoms with Crippen molar-refractivity contribution in [2.75, 3.05) is 5.32 Å². The predicted octanol–water partition coefficient (Wildman–Crippen LogP) is 1.96. The number of benzene rings is 2. The van der Waals surface area contributed by atoms with Crippen LogP contribution < -0.4 is 16.4 Å². The molecule has 0 aliphatic carbocycles. The van der Waals surface area contributed by atoms with Crippen LogP contribution in [0.2, 0.25) is 0 Å². The van der Waals surface area contributed by atoms with Gasteiger partial charge in [-0.15, -0.1) is 0 Å². The summed E-state index contributed by atoms with van der Waals surface area (Å²) in [4.78, 5) is 36.9. The number of fused-ring (bicyclic) bond motifs is 1. The van der Waals surface area contributed by atoms with Crippen LogP contribution in [-0.2, 0) is 18.4 Å². The van der Waals surface area contributed by atoms with Gasteiger partial charge in [0.1, 0.15) is 6.54 Å². The van der Waals surface area contributed by atoms with Crippen molar-refractivity contribution in [1.29, 1.82) is 0 Å². The average molecular weight is 337 g/mol. The van der Waals surface area contributed by atoms with Gasteiger partial charge in [0.25, 0.3) is 0 Å². The lowest BCUT2D eigenvalue weighted by atomic mass is 10.1. The number of aromatic nitrogens is 2. The van der Waals surface area contributed by atoms with E-state index in [1.54, 1.807) is 31.3 Å². The van der Waals surface area contributed by atoms with Crippen molar-refractivity contribution < 1.29 is 4.79 Å². The Kier molecular flexibility index (Phi) is 4.27. The molecule has 2 aromatic carbocycles. The Balaban J connectivity index is 1.99. The summed E-state index contributed by atoms with van der Waals surface area (Å²) < 4.78 is 2.52. The molecule has 0 spiro atoms. The fourth-order valence-corrected chi connectivity index (χ4v) is 2.90. The second-order valence-electron chi connectivity index (χ2n) is 6.11. The highest BCUT2D eigenvalue weighted by Gasteiger charge is 2.14. The van der Waals surface area contributed by atoms with E-state index in [-0.39, 0.29) is 12.5 Å². The molecule has 0 aliphatic rings. The summed E-state index contributed by atoms with van der Waals surface area (Å²) in [7, 11) is 1.55. The van der Waals surface area contributed by atoms with E-state index in [0.29, 0.717) is 16.7 Å². The van der Waals surface area contributed by atoms with Crippen LogP contribution in [0.15, 0.2) is 52.1 Å². The summed E-state index contributed by atoms with van der Waals surface area (Å²) in [6.45, 7) is 3.66. The number of amides is 1. The lowest BCUT2D eigenvalue weighted by Gasteiger charge is -2.13. The Morgan fingerprint density at radius 1 is 1.00 bits per heavy atom. The van der Waals surface area contributed by atoms with Crippen LogP contribution in [0, 0.1) is 13.8 Å². The minimum atomic E-state index is -0.711. The van der Waals surface area contributed by atoms with Gasteiger partial charge in [-0.1, -0.05) is 29.8 Å². The van der Waals surface area contributed by atoms with Gasteiger partial charge in [0.05, 0.1) is 11.0 Å². The lowest BCUT2D eigenvalue weighted by molar-refractivity contribution is -0.116. The van der Waals surface area contributed by atoms with Crippen molar-refractivity contribution in [3.63, 3.8) is 0 Å². The van der Waals surface area contributed by atoms with Gasteiger partial charge in [-0.3, -0.25) is 19.0 Å². The summed E-state index contributed by atoms with van der Waals surface area (Å²) >= 11 is 0. The molecule has 1 aromatic heterocycles. The Morgan fingerprint density at radius 3 is 2.36 bits per heavy atom. The van der Waals surface area contributed by atoms with Crippen molar-refractivity contribution in [3.8, 4) is 0 Å². The minimum absolute atomic E-state index is 0.220. The summed E-state index contributed by atoms with van der Waals surface area (Å²) in [5.41, 5.74) is 2.52. The van der Waals surface area contributed by atoms with Crippen molar-refractivity contribution in [2.45, 2.75) is 20.4 Å². The van der Waals surface area contributed by atoms with Crippen molar-refractivity contribution in [3.05, 3.63) is 74.3 Å². The highest BCUT2D eigenvalue weighted by Crippen LogP contribution is 2.16. The quantitative estimate of drug-likeness (QED) is 0.743. The highest BCUT2D eigenvalue weighted by atomic mass is 16.2. The van der Waals surface area contributed by atoms with Gasteiger partial charge in [-0.2, -0.15) is 0 Å². The Bertz CT molecular complexity index is 1090. The smallest absolute Gasteiger partial charge is 0.317 e. The molecule has 128 valence electrons. The third-order valence-corrected chi connectivity index (χ3v) is 4.22. The molecule has 3 rings (SSSR count). The molecule has 3 aromatic rings. The lowest BCUT2D eigenvalue weighted by Crippen LogP contribution is -2.42.